The number of methoxy groups -OCH3 is 1. The topological polar surface area (TPSA) is 69.5 Å². The predicted octanol–water partition coefficient (Wildman–Crippen LogP) is 0.703. The maximum Gasteiger partial charge on any atom is 0.255 e. The molecule has 0 bridgehead atoms. The van der Waals surface area contributed by atoms with Crippen molar-refractivity contribution in [3.05, 3.63) is 24.0 Å². The lowest BCUT2D eigenvalue weighted by molar-refractivity contribution is 0.0489. The number of ether oxygens (including phenoxy) is 2. The van der Waals surface area contributed by atoms with Crippen molar-refractivity contribution in [1.82, 2.24) is 19.7 Å². The zero-order valence-corrected chi connectivity index (χ0v) is 13.4. The summed E-state index contributed by atoms with van der Waals surface area (Å²) in [6.07, 6.45) is 3.34. The lowest BCUT2D eigenvalue weighted by Gasteiger charge is -2.25. The van der Waals surface area contributed by atoms with E-state index in [1.807, 2.05) is 18.0 Å². The van der Waals surface area contributed by atoms with Gasteiger partial charge in [0.25, 0.3) is 5.91 Å². The van der Waals surface area contributed by atoms with Gasteiger partial charge in [-0.1, -0.05) is 0 Å². The lowest BCUT2D eigenvalue weighted by atomic mass is 9.82. The molecule has 1 amide bonds. The third kappa shape index (κ3) is 2.22. The number of fused-ring (bicyclic) bond motifs is 2. The van der Waals surface area contributed by atoms with E-state index in [-0.39, 0.29) is 11.3 Å². The first-order chi connectivity index (χ1) is 11.1. The van der Waals surface area contributed by atoms with Crippen LogP contribution in [0.5, 0.6) is 0 Å². The van der Waals surface area contributed by atoms with Crippen molar-refractivity contribution in [3.8, 4) is 0 Å². The summed E-state index contributed by atoms with van der Waals surface area (Å²) in [6, 6.07) is 1.87. The summed E-state index contributed by atoms with van der Waals surface area (Å²) in [5.74, 6) is 0.366. The summed E-state index contributed by atoms with van der Waals surface area (Å²) in [6.45, 7) is 3.38. The summed E-state index contributed by atoms with van der Waals surface area (Å²) in [5.41, 5.74) is 2.21. The minimum Gasteiger partial charge on any atom is -0.384 e. The minimum atomic E-state index is -0.0610. The molecule has 0 N–H and O–H groups in total. The second-order valence-corrected chi connectivity index (χ2v) is 6.59. The van der Waals surface area contributed by atoms with Crippen LogP contribution in [0.15, 0.2) is 18.5 Å². The molecule has 0 saturated carbocycles. The molecule has 2 fully saturated rings. The molecule has 7 heteroatoms. The van der Waals surface area contributed by atoms with Crippen LogP contribution in [0, 0.1) is 11.3 Å². The number of aryl methyl sites for hydroxylation is 1. The summed E-state index contributed by atoms with van der Waals surface area (Å²) in [4.78, 5) is 19.1. The first-order valence-corrected chi connectivity index (χ1v) is 7.77. The van der Waals surface area contributed by atoms with Crippen LogP contribution < -0.4 is 0 Å². The molecule has 0 spiro atoms. The van der Waals surface area contributed by atoms with Gasteiger partial charge in [0.2, 0.25) is 0 Å². The molecule has 23 heavy (non-hydrogen) atoms. The number of likely N-dealkylation sites (tertiary alicyclic amines) is 1. The Labute approximate surface area is 134 Å². The van der Waals surface area contributed by atoms with Gasteiger partial charge in [-0.25, -0.2) is 0 Å². The van der Waals surface area contributed by atoms with Crippen LogP contribution in [0.1, 0.15) is 10.4 Å². The van der Waals surface area contributed by atoms with Crippen LogP contribution in [0.2, 0.25) is 0 Å². The summed E-state index contributed by atoms with van der Waals surface area (Å²) in [7, 11) is 3.55. The highest BCUT2D eigenvalue weighted by Gasteiger charge is 2.51. The number of amides is 1. The smallest absolute Gasteiger partial charge is 0.255 e. The Hall–Kier alpha value is -1.99. The molecule has 2 aliphatic heterocycles. The lowest BCUT2D eigenvalue weighted by Crippen LogP contribution is -2.37. The number of hydrogen-bond acceptors (Lipinski definition) is 5. The monoisotopic (exact) mass is 316 g/mol. The molecule has 2 aromatic heterocycles. The average molecular weight is 316 g/mol. The molecular formula is C16H20N4O3. The molecule has 0 radical (unpaired) electrons. The molecule has 2 aliphatic rings. The van der Waals surface area contributed by atoms with Crippen molar-refractivity contribution >= 4 is 16.9 Å². The number of hydrogen-bond donors (Lipinski definition) is 0. The van der Waals surface area contributed by atoms with Crippen molar-refractivity contribution in [3.63, 3.8) is 0 Å². The molecule has 2 aromatic rings. The quantitative estimate of drug-likeness (QED) is 0.834. The van der Waals surface area contributed by atoms with Gasteiger partial charge >= 0.3 is 0 Å². The fraction of sp³-hybridized carbons (Fsp3) is 0.562. The van der Waals surface area contributed by atoms with Crippen molar-refractivity contribution in [1.29, 1.82) is 0 Å². The van der Waals surface area contributed by atoms with Crippen molar-refractivity contribution in [2.45, 2.75) is 0 Å². The van der Waals surface area contributed by atoms with Gasteiger partial charge in [0.15, 0.2) is 0 Å². The van der Waals surface area contributed by atoms with Crippen molar-refractivity contribution in [2.75, 3.05) is 40.0 Å². The van der Waals surface area contributed by atoms with Gasteiger partial charge in [-0.15, -0.1) is 0 Å². The molecule has 2 saturated heterocycles. The van der Waals surface area contributed by atoms with Gasteiger partial charge in [0.1, 0.15) is 5.52 Å². The van der Waals surface area contributed by atoms with Crippen LogP contribution in [0.4, 0.5) is 0 Å². The fourth-order valence-corrected chi connectivity index (χ4v) is 3.80. The van der Waals surface area contributed by atoms with E-state index in [0.29, 0.717) is 44.4 Å². The Balaban J connectivity index is 1.60. The third-order valence-corrected chi connectivity index (χ3v) is 5.09. The summed E-state index contributed by atoms with van der Waals surface area (Å²) in [5, 5.41) is 4.17. The van der Waals surface area contributed by atoms with Gasteiger partial charge in [-0.2, -0.15) is 5.10 Å². The van der Waals surface area contributed by atoms with Crippen LogP contribution in [-0.2, 0) is 16.5 Å². The highest BCUT2D eigenvalue weighted by atomic mass is 16.5. The zero-order valence-electron chi connectivity index (χ0n) is 13.4. The number of carbonyl (C=O) groups is 1. The Morgan fingerprint density at radius 3 is 3.22 bits per heavy atom. The second-order valence-electron chi connectivity index (χ2n) is 6.59. The first-order valence-electron chi connectivity index (χ1n) is 7.77. The highest BCUT2D eigenvalue weighted by Crippen LogP contribution is 2.41. The van der Waals surface area contributed by atoms with E-state index in [1.54, 1.807) is 24.2 Å². The van der Waals surface area contributed by atoms with Crippen LogP contribution >= 0.6 is 0 Å². The Morgan fingerprint density at radius 1 is 1.52 bits per heavy atom. The molecule has 0 aliphatic carbocycles. The highest BCUT2D eigenvalue weighted by molar-refractivity contribution is 5.96. The molecule has 0 unspecified atom stereocenters. The SMILES string of the molecule is COC[C@@]12COC[C@@H]1CN(C(=O)c1cnc3cnn(C)c3c1)C2. The standard InChI is InChI=1S/C16H20N4O3/c1-19-14-3-11(4-17-13(14)5-18-19)15(21)20-6-12-7-23-10-16(12,8-20)9-22-2/h3-5,12H,6-10H2,1-2H3/t12-,16-/m0/s1. The molecule has 2 atom stereocenters. The fourth-order valence-electron chi connectivity index (χ4n) is 3.80. The third-order valence-electron chi connectivity index (χ3n) is 5.09. The predicted molar refractivity (Wildman–Crippen MR) is 83.0 cm³/mol. The van der Waals surface area contributed by atoms with Crippen LogP contribution in [0.25, 0.3) is 11.0 Å². The summed E-state index contributed by atoms with van der Waals surface area (Å²) < 4.78 is 12.7. The van der Waals surface area contributed by atoms with E-state index >= 15 is 0 Å². The largest absolute Gasteiger partial charge is 0.384 e. The Bertz CT molecular complexity index is 759. The molecule has 4 heterocycles. The number of aromatic nitrogens is 3. The van der Waals surface area contributed by atoms with E-state index in [4.69, 9.17) is 9.47 Å². The van der Waals surface area contributed by atoms with E-state index in [1.165, 1.54) is 0 Å². The number of carbonyl (C=O) groups excluding carboxylic acids is 1. The molecule has 4 rings (SSSR count). The van der Waals surface area contributed by atoms with Gasteiger partial charge in [0.05, 0.1) is 37.1 Å². The van der Waals surface area contributed by atoms with Crippen LogP contribution in [-0.4, -0.2) is 65.6 Å². The zero-order chi connectivity index (χ0) is 16.0. The minimum absolute atomic E-state index is 0.0190. The Morgan fingerprint density at radius 2 is 2.39 bits per heavy atom. The van der Waals surface area contributed by atoms with Crippen LogP contribution in [0.3, 0.4) is 0 Å². The average Bonchev–Trinajstić information content (AvgIpc) is 3.19. The maximum atomic E-state index is 12.9. The first kappa shape index (κ1) is 14.6. The molecule has 7 nitrogen and oxygen atoms in total. The van der Waals surface area contributed by atoms with Gasteiger partial charge in [0, 0.05) is 44.8 Å². The second kappa shape index (κ2) is 5.28. The van der Waals surface area contributed by atoms with Gasteiger partial charge < -0.3 is 14.4 Å². The molecule has 122 valence electrons. The van der Waals surface area contributed by atoms with E-state index in [0.717, 1.165) is 11.0 Å². The summed E-state index contributed by atoms with van der Waals surface area (Å²) >= 11 is 0. The Kier molecular flexibility index (Phi) is 3.35. The van der Waals surface area contributed by atoms with E-state index in [9.17, 15) is 4.79 Å². The van der Waals surface area contributed by atoms with E-state index < -0.39 is 0 Å². The maximum absolute atomic E-state index is 12.9. The van der Waals surface area contributed by atoms with Gasteiger partial charge in [-0.3, -0.25) is 14.5 Å². The van der Waals surface area contributed by atoms with E-state index in [2.05, 4.69) is 10.1 Å². The number of pyridine rings is 1. The molecule has 0 aromatic carbocycles. The number of nitrogens with zero attached hydrogens (tertiary/aromatic N) is 4. The normalized spacial score (nSPS) is 26.9. The molecular weight excluding hydrogens is 296 g/mol. The number of rotatable bonds is 3. The van der Waals surface area contributed by atoms with Gasteiger partial charge in [-0.05, 0) is 6.07 Å². The van der Waals surface area contributed by atoms with Crippen molar-refractivity contribution in [2.24, 2.45) is 18.4 Å². The van der Waals surface area contributed by atoms with Crippen molar-refractivity contribution < 1.29 is 14.3 Å².